The first-order chi connectivity index (χ1) is 11.1. The van der Waals surface area contributed by atoms with Gasteiger partial charge in [-0.25, -0.2) is 0 Å². The van der Waals surface area contributed by atoms with Crippen LogP contribution in [-0.4, -0.2) is 71.2 Å². The quantitative estimate of drug-likeness (QED) is 0.766. The van der Waals surface area contributed by atoms with Crippen LogP contribution in [0.1, 0.15) is 33.1 Å². The maximum atomic E-state index is 9.32. The lowest BCUT2D eigenvalue weighted by Crippen LogP contribution is -2.46. The Bertz CT molecular complexity index is 492. The summed E-state index contributed by atoms with van der Waals surface area (Å²) in [7, 11) is 0. The van der Waals surface area contributed by atoms with Crippen LogP contribution in [-0.2, 0) is 0 Å². The SMILES string of the molecule is CC(C)N1CCC(N2CCN(CCCO)C2=C(C#N)C#N)CC1. The van der Waals surface area contributed by atoms with Crippen molar-refractivity contribution in [3.05, 3.63) is 11.4 Å². The third-order valence-corrected chi connectivity index (χ3v) is 4.89. The van der Waals surface area contributed by atoms with Gasteiger partial charge in [0.25, 0.3) is 0 Å². The smallest absolute Gasteiger partial charge is 0.169 e. The van der Waals surface area contributed by atoms with Crippen molar-refractivity contribution < 1.29 is 5.11 Å². The molecular formula is C17H27N5O. The molecule has 6 nitrogen and oxygen atoms in total. The average molecular weight is 317 g/mol. The highest BCUT2D eigenvalue weighted by Gasteiger charge is 2.34. The van der Waals surface area contributed by atoms with Crippen LogP contribution < -0.4 is 0 Å². The number of rotatable bonds is 5. The van der Waals surface area contributed by atoms with Crippen LogP contribution in [0, 0.1) is 22.7 Å². The summed E-state index contributed by atoms with van der Waals surface area (Å²) < 4.78 is 0. The molecule has 0 spiro atoms. The summed E-state index contributed by atoms with van der Waals surface area (Å²) in [5.41, 5.74) is 0.201. The fourth-order valence-corrected chi connectivity index (χ4v) is 3.60. The molecule has 2 saturated heterocycles. The lowest BCUT2D eigenvalue weighted by molar-refractivity contribution is 0.116. The molecule has 0 amide bonds. The van der Waals surface area contributed by atoms with Crippen LogP contribution in [0.4, 0.5) is 0 Å². The summed E-state index contributed by atoms with van der Waals surface area (Å²) >= 11 is 0. The second-order valence-corrected chi connectivity index (χ2v) is 6.54. The Morgan fingerprint density at radius 3 is 2.35 bits per heavy atom. The minimum absolute atomic E-state index is 0.130. The molecule has 2 rings (SSSR count). The van der Waals surface area contributed by atoms with Gasteiger partial charge < -0.3 is 19.8 Å². The van der Waals surface area contributed by atoms with Gasteiger partial charge in [0.1, 0.15) is 18.0 Å². The summed E-state index contributed by atoms with van der Waals surface area (Å²) in [4.78, 5) is 6.83. The first kappa shape index (κ1) is 17.6. The highest BCUT2D eigenvalue weighted by atomic mass is 16.3. The van der Waals surface area contributed by atoms with Gasteiger partial charge in [-0.05, 0) is 33.1 Å². The zero-order chi connectivity index (χ0) is 16.8. The van der Waals surface area contributed by atoms with E-state index >= 15 is 0 Å². The molecule has 126 valence electrons. The number of aliphatic hydroxyl groups is 1. The van der Waals surface area contributed by atoms with Gasteiger partial charge in [0, 0.05) is 51.4 Å². The van der Waals surface area contributed by atoms with Crippen molar-refractivity contribution >= 4 is 0 Å². The van der Waals surface area contributed by atoms with E-state index < -0.39 is 0 Å². The average Bonchev–Trinajstić information content (AvgIpc) is 2.98. The molecule has 0 aromatic rings. The van der Waals surface area contributed by atoms with E-state index in [1.54, 1.807) is 0 Å². The summed E-state index contributed by atoms with van der Waals surface area (Å²) in [6, 6.07) is 5.08. The van der Waals surface area contributed by atoms with E-state index in [0.717, 1.165) is 44.8 Å². The van der Waals surface area contributed by atoms with Gasteiger partial charge in [0.05, 0.1) is 0 Å². The number of piperidine rings is 1. The summed E-state index contributed by atoms with van der Waals surface area (Å²) in [6.45, 7) is 9.09. The van der Waals surface area contributed by atoms with Crippen molar-refractivity contribution in [3.63, 3.8) is 0 Å². The first-order valence-electron chi connectivity index (χ1n) is 8.53. The number of likely N-dealkylation sites (tertiary alicyclic amines) is 1. The Hall–Kier alpha value is -1.76. The van der Waals surface area contributed by atoms with E-state index in [1.807, 2.05) is 0 Å². The van der Waals surface area contributed by atoms with Crippen molar-refractivity contribution in [1.29, 1.82) is 10.5 Å². The highest BCUT2D eigenvalue weighted by Crippen LogP contribution is 2.29. The number of allylic oxidation sites excluding steroid dienone is 1. The molecule has 2 fully saturated rings. The van der Waals surface area contributed by atoms with Crippen molar-refractivity contribution in [1.82, 2.24) is 14.7 Å². The first-order valence-corrected chi connectivity index (χ1v) is 8.53. The molecule has 0 radical (unpaired) electrons. The van der Waals surface area contributed by atoms with Crippen LogP contribution in [0.25, 0.3) is 0 Å². The number of aliphatic hydroxyl groups excluding tert-OH is 1. The molecule has 0 saturated carbocycles. The van der Waals surface area contributed by atoms with Crippen LogP contribution in [0.5, 0.6) is 0 Å². The molecule has 0 aromatic carbocycles. The predicted octanol–water partition coefficient (Wildman–Crippen LogP) is 1.12. The van der Waals surface area contributed by atoms with Crippen LogP contribution in [0.3, 0.4) is 0 Å². The largest absolute Gasteiger partial charge is 0.396 e. The Labute approximate surface area is 139 Å². The van der Waals surface area contributed by atoms with Crippen LogP contribution in [0.15, 0.2) is 11.4 Å². The summed E-state index contributed by atoms with van der Waals surface area (Å²) in [6.07, 6.45) is 2.80. The Kier molecular flexibility index (Phi) is 6.27. The van der Waals surface area contributed by atoms with Gasteiger partial charge in [-0.3, -0.25) is 0 Å². The maximum absolute atomic E-state index is 9.32. The molecule has 2 aliphatic rings. The standard InChI is InChI=1S/C17H27N5O/c1-14(2)20-7-4-16(5-8-20)22-10-9-21(6-3-11-23)17(22)15(12-18)13-19/h14,16,23H,3-11H2,1-2H3. The van der Waals surface area contributed by atoms with Gasteiger partial charge in [0.15, 0.2) is 5.57 Å². The minimum Gasteiger partial charge on any atom is -0.396 e. The lowest BCUT2D eigenvalue weighted by Gasteiger charge is -2.40. The van der Waals surface area contributed by atoms with Gasteiger partial charge in [-0.1, -0.05) is 0 Å². The van der Waals surface area contributed by atoms with Crippen LogP contribution >= 0.6 is 0 Å². The molecule has 2 heterocycles. The monoisotopic (exact) mass is 317 g/mol. The van der Waals surface area contributed by atoms with E-state index in [1.165, 1.54) is 0 Å². The normalized spacial score (nSPS) is 20.0. The second kappa shape index (κ2) is 8.19. The Balaban J connectivity index is 2.14. The van der Waals surface area contributed by atoms with Crippen molar-refractivity contribution in [2.24, 2.45) is 0 Å². The molecule has 6 heteroatoms. The number of hydrogen-bond acceptors (Lipinski definition) is 6. The minimum atomic E-state index is 0.130. The molecule has 0 unspecified atom stereocenters. The zero-order valence-electron chi connectivity index (χ0n) is 14.2. The molecule has 0 aliphatic carbocycles. The molecular weight excluding hydrogens is 290 g/mol. The molecule has 2 aliphatic heterocycles. The number of hydrogen-bond donors (Lipinski definition) is 1. The van der Waals surface area contributed by atoms with Gasteiger partial charge in [-0.2, -0.15) is 10.5 Å². The Morgan fingerprint density at radius 1 is 1.17 bits per heavy atom. The maximum Gasteiger partial charge on any atom is 0.169 e. The summed E-state index contributed by atoms with van der Waals surface area (Å²) in [5, 5.41) is 27.7. The fraction of sp³-hybridized carbons (Fsp3) is 0.765. The molecule has 0 aromatic heterocycles. The zero-order valence-corrected chi connectivity index (χ0v) is 14.2. The van der Waals surface area contributed by atoms with Gasteiger partial charge >= 0.3 is 0 Å². The van der Waals surface area contributed by atoms with Crippen molar-refractivity contribution in [2.45, 2.75) is 45.2 Å². The topological polar surface area (TPSA) is 77.5 Å². The number of nitrogens with zero attached hydrogens (tertiary/aromatic N) is 5. The second-order valence-electron chi connectivity index (χ2n) is 6.54. The molecule has 0 atom stereocenters. The van der Waals surface area contributed by atoms with Crippen molar-refractivity contribution in [3.8, 4) is 12.1 Å². The predicted molar refractivity (Wildman–Crippen MR) is 88.0 cm³/mol. The molecule has 0 bridgehead atoms. The Morgan fingerprint density at radius 2 is 1.83 bits per heavy atom. The van der Waals surface area contributed by atoms with Crippen molar-refractivity contribution in [2.75, 3.05) is 39.3 Å². The van der Waals surface area contributed by atoms with E-state index in [9.17, 15) is 10.5 Å². The van der Waals surface area contributed by atoms with E-state index in [-0.39, 0.29) is 12.2 Å². The molecule has 23 heavy (non-hydrogen) atoms. The van der Waals surface area contributed by atoms with E-state index in [2.05, 4.69) is 40.7 Å². The fourth-order valence-electron chi connectivity index (χ4n) is 3.60. The van der Waals surface area contributed by atoms with Gasteiger partial charge in [-0.15, -0.1) is 0 Å². The summed E-state index contributed by atoms with van der Waals surface area (Å²) in [5.74, 6) is 0.784. The lowest BCUT2D eigenvalue weighted by atomic mass is 10.0. The van der Waals surface area contributed by atoms with Gasteiger partial charge in [0.2, 0.25) is 0 Å². The van der Waals surface area contributed by atoms with E-state index in [4.69, 9.17) is 5.11 Å². The highest BCUT2D eigenvalue weighted by molar-refractivity contribution is 5.40. The molecule has 1 N–H and O–H groups in total. The third-order valence-electron chi connectivity index (χ3n) is 4.89. The number of nitriles is 2. The van der Waals surface area contributed by atoms with E-state index in [0.29, 0.717) is 25.0 Å². The third kappa shape index (κ3) is 3.96. The van der Waals surface area contributed by atoms with Crippen LogP contribution in [0.2, 0.25) is 0 Å².